The molecular weight excluding hydrogens is 236 g/mol. The van der Waals surface area contributed by atoms with Crippen molar-refractivity contribution in [3.8, 4) is 0 Å². The summed E-state index contributed by atoms with van der Waals surface area (Å²) in [5, 5.41) is 5.41. The summed E-state index contributed by atoms with van der Waals surface area (Å²) in [6.45, 7) is 2.95. The third-order valence-electron chi connectivity index (χ3n) is 4.05. The number of nitrogens with one attached hydrogen (secondary N) is 1. The molecule has 1 N–H and O–H groups in total. The summed E-state index contributed by atoms with van der Waals surface area (Å²) >= 11 is 0. The van der Waals surface area contributed by atoms with Gasteiger partial charge in [-0.2, -0.15) is 0 Å². The van der Waals surface area contributed by atoms with Crippen molar-refractivity contribution in [1.29, 1.82) is 0 Å². The molecule has 2 aromatic rings. The molecule has 0 spiro atoms. The first-order chi connectivity index (χ1) is 9.21. The number of carbonyl (C=O) groups excluding carboxylic acids is 1. The number of rotatable bonds is 2. The largest absolute Gasteiger partial charge is 0.305 e. The third-order valence-corrected chi connectivity index (χ3v) is 4.05. The van der Waals surface area contributed by atoms with Crippen LogP contribution < -0.4 is 5.32 Å². The van der Waals surface area contributed by atoms with Crippen molar-refractivity contribution in [2.75, 3.05) is 6.54 Å². The average Bonchev–Trinajstić information content (AvgIpc) is 2.47. The lowest BCUT2D eigenvalue weighted by atomic mass is 9.82. The zero-order chi connectivity index (χ0) is 13.3. The first kappa shape index (κ1) is 12.3. The Labute approximate surface area is 113 Å². The molecule has 0 aliphatic carbocycles. The number of hydrogen-bond donors (Lipinski definition) is 1. The molecule has 0 amide bonds. The van der Waals surface area contributed by atoms with Crippen LogP contribution in [-0.4, -0.2) is 22.9 Å². The fraction of sp³-hybridized carbons (Fsp3) is 0.375. The molecule has 0 saturated carbocycles. The van der Waals surface area contributed by atoms with Gasteiger partial charge in [-0.15, -0.1) is 0 Å². The lowest BCUT2D eigenvalue weighted by molar-refractivity contribution is 0.0836. The number of Topliss-reactive ketones (excluding diaryl/α,β-unsaturated/α-hetero) is 1. The Kier molecular flexibility index (Phi) is 3.07. The van der Waals surface area contributed by atoms with Gasteiger partial charge in [0, 0.05) is 23.3 Å². The summed E-state index contributed by atoms with van der Waals surface area (Å²) in [4.78, 5) is 17.0. The summed E-state index contributed by atoms with van der Waals surface area (Å²) < 4.78 is 0. The molecule has 1 atom stereocenters. The van der Waals surface area contributed by atoms with Crippen molar-refractivity contribution in [3.05, 3.63) is 42.2 Å². The number of benzene rings is 1. The molecule has 19 heavy (non-hydrogen) atoms. The normalized spacial score (nSPS) is 23.4. The summed E-state index contributed by atoms with van der Waals surface area (Å²) in [7, 11) is 0. The van der Waals surface area contributed by atoms with Crippen molar-refractivity contribution in [3.63, 3.8) is 0 Å². The summed E-state index contributed by atoms with van der Waals surface area (Å²) in [5.74, 6) is 0.198. The molecule has 3 heteroatoms. The molecule has 0 radical (unpaired) electrons. The second-order valence-corrected chi connectivity index (χ2v) is 5.45. The van der Waals surface area contributed by atoms with Crippen LogP contribution in [0.5, 0.6) is 0 Å². The van der Waals surface area contributed by atoms with Gasteiger partial charge in [0.05, 0.1) is 5.54 Å². The summed E-state index contributed by atoms with van der Waals surface area (Å²) in [6, 6.07) is 7.78. The van der Waals surface area contributed by atoms with E-state index in [0.717, 1.165) is 42.1 Å². The number of fused-ring (bicyclic) bond motifs is 1. The van der Waals surface area contributed by atoms with Crippen LogP contribution in [0.1, 0.15) is 36.5 Å². The molecule has 98 valence electrons. The minimum Gasteiger partial charge on any atom is -0.305 e. The maximum atomic E-state index is 12.9. The number of nitrogens with zero attached hydrogens (tertiary/aromatic N) is 1. The molecule has 1 aliphatic heterocycles. The molecule has 1 aromatic carbocycles. The molecule has 1 fully saturated rings. The summed E-state index contributed by atoms with van der Waals surface area (Å²) in [5.41, 5.74) is 0.382. The number of carbonyl (C=O) groups is 1. The highest BCUT2D eigenvalue weighted by atomic mass is 16.1. The minimum absolute atomic E-state index is 0.198. The highest BCUT2D eigenvalue weighted by molar-refractivity contribution is 6.12. The zero-order valence-electron chi connectivity index (χ0n) is 11.1. The van der Waals surface area contributed by atoms with E-state index in [1.807, 2.05) is 37.4 Å². The van der Waals surface area contributed by atoms with Crippen LogP contribution >= 0.6 is 0 Å². The highest BCUT2D eigenvalue weighted by Gasteiger charge is 2.35. The van der Waals surface area contributed by atoms with Gasteiger partial charge in [0.25, 0.3) is 0 Å². The predicted octanol–water partition coefficient (Wildman–Crippen LogP) is 2.95. The van der Waals surface area contributed by atoms with Gasteiger partial charge in [-0.1, -0.05) is 18.2 Å². The van der Waals surface area contributed by atoms with Crippen molar-refractivity contribution in [1.82, 2.24) is 10.3 Å². The number of aromatic nitrogens is 1. The second-order valence-electron chi connectivity index (χ2n) is 5.45. The van der Waals surface area contributed by atoms with Crippen LogP contribution in [0.15, 0.2) is 36.7 Å². The van der Waals surface area contributed by atoms with Gasteiger partial charge >= 0.3 is 0 Å². The maximum absolute atomic E-state index is 12.9. The van der Waals surface area contributed by atoms with Crippen LogP contribution in [0.3, 0.4) is 0 Å². The van der Waals surface area contributed by atoms with E-state index in [4.69, 9.17) is 0 Å². The average molecular weight is 254 g/mol. The van der Waals surface area contributed by atoms with Crippen LogP contribution in [0.25, 0.3) is 10.8 Å². The third kappa shape index (κ3) is 2.15. The quantitative estimate of drug-likeness (QED) is 0.838. The minimum atomic E-state index is -0.421. The van der Waals surface area contributed by atoms with E-state index in [1.54, 1.807) is 6.20 Å². The molecular formula is C16H18N2O. The monoisotopic (exact) mass is 254 g/mol. The molecule has 0 bridgehead atoms. The fourth-order valence-electron chi connectivity index (χ4n) is 2.87. The maximum Gasteiger partial charge on any atom is 0.183 e. The molecule has 1 aliphatic rings. The van der Waals surface area contributed by atoms with E-state index in [9.17, 15) is 4.79 Å². The second kappa shape index (κ2) is 4.74. The van der Waals surface area contributed by atoms with E-state index >= 15 is 0 Å². The number of hydrogen-bond acceptors (Lipinski definition) is 3. The number of piperidine rings is 1. The highest BCUT2D eigenvalue weighted by Crippen LogP contribution is 2.27. The smallest absolute Gasteiger partial charge is 0.183 e. The van der Waals surface area contributed by atoms with Gasteiger partial charge < -0.3 is 5.32 Å². The first-order valence-electron chi connectivity index (χ1n) is 6.83. The standard InChI is InChI=1S/C16H18N2O/c1-16(8-2-3-9-18-16)15(19)14-6-4-5-12-11-17-10-7-13(12)14/h4-7,10-11,18H,2-3,8-9H2,1H3. The SMILES string of the molecule is CC1(C(=O)c2cccc3cnccc23)CCCCN1. The van der Waals surface area contributed by atoms with Gasteiger partial charge in [-0.05, 0) is 44.2 Å². The molecule has 3 nitrogen and oxygen atoms in total. The Hall–Kier alpha value is -1.74. The Balaban J connectivity index is 2.06. The Bertz CT molecular complexity index is 610. The van der Waals surface area contributed by atoms with E-state index in [2.05, 4.69) is 10.3 Å². The molecule has 1 unspecified atom stereocenters. The lowest BCUT2D eigenvalue weighted by Crippen LogP contribution is -2.52. The first-order valence-corrected chi connectivity index (χ1v) is 6.83. The zero-order valence-corrected chi connectivity index (χ0v) is 11.1. The van der Waals surface area contributed by atoms with Gasteiger partial charge in [0.15, 0.2) is 5.78 Å². The van der Waals surface area contributed by atoms with E-state index in [0.29, 0.717) is 0 Å². The number of pyridine rings is 1. The van der Waals surface area contributed by atoms with Gasteiger partial charge in [0.2, 0.25) is 0 Å². The fourth-order valence-corrected chi connectivity index (χ4v) is 2.87. The molecule has 1 saturated heterocycles. The predicted molar refractivity (Wildman–Crippen MR) is 76.3 cm³/mol. The van der Waals surface area contributed by atoms with Crippen LogP contribution in [0, 0.1) is 0 Å². The molecule has 1 aromatic heterocycles. The number of ketones is 1. The molecule has 3 rings (SSSR count). The van der Waals surface area contributed by atoms with E-state index in [-0.39, 0.29) is 5.78 Å². The summed E-state index contributed by atoms with van der Waals surface area (Å²) in [6.07, 6.45) is 6.73. The van der Waals surface area contributed by atoms with Crippen molar-refractivity contribution >= 4 is 16.6 Å². The Morgan fingerprint density at radius 3 is 3.00 bits per heavy atom. The van der Waals surface area contributed by atoms with Crippen LogP contribution in [0.4, 0.5) is 0 Å². The topological polar surface area (TPSA) is 42.0 Å². The van der Waals surface area contributed by atoms with Crippen LogP contribution in [-0.2, 0) is 0 Å². The van der Waals surface area contributed by atoms with Crippen molar-refractivity contribution < 1.29 is 4.79 Å². The van der Waals surface area contributed by atoms with E-state index in [1.165, 1.54) is 0 Å². The Morgan fingerprint density at radius 2 is 2.21 bits per heavy atom. The molecule has 2 heterocycles. The lowest BCUT2D eigenvalue weighted by Gasteiger charge is -2.33. The van der Waals surface area contributed by atoms with Crippen LogP contribution in [0.2, 0.25) is 0 Å². The van der Waals surface area contributed by atoms with E-state index < -0.39 is 5.54 Å². The van der Waals surface area contributed by atoms with Gasteiger partial charge in [-0.3, -0.25) is 9.78 Å². The van der Waals surface area contributed by atoms with Gasteiger partial charge in [-0.25, -0.2) is 0 Å². The van der Waals surface area contributed by atoms with Crippen molar-refractivity contribution in [2.24, 2.45) is 0 Å². The van der Waals surface area contributed by atoms with Gasteiger partial charge in [0.1, 0.15) is 0 Å². The van der Waals surface area contributed by atoms with Crippen molar-refractivity contribution in [2.45, 2.75) is 31.7 Å². The Morgan fingerprint density at radius 1 is 1.32 bits per heavy atom.